The Morgan fingerprint density at radius 1 is 1.23 bits per heavy atom. The third kappa shape index (κ3) is 3.61. The van der Waals surface area contributed by atoms with Crippen molar-refractivity contribution in [2.75, 3.05) is 62.8 Å². The first-order chi connectivity index (χ1) is 12.3. The minimum atomic E-state index is -1.05. The van der Waals surface area contributed by atoms with E-state index in [-0.39, 0.29) is 0 Å². The summed E-state index contributed by atoms with van der Waals surface area (Å²) in [6.45, 7) is 10.9. The zero-order chi connectivity index (χ0) is 18.9. The van der Waals surface area contributed by atoms with Crippen LogP contribution in [0.4, 0.5) is 11.8 Å². The van der Waals surface area contributed by atoms with Crippen molar-refractivity contribution >= 4 is 17.7 Å². The molecule has 2 aliphatic heterocycles. The van der Waals surface area contributed by atoms with Gasteiger partial charge in [-0.1, -0.05) is 0 Å². The van der Waals surface area contributed by atoms with Gasteiger partial charge in [0.15, 0.2) is 0 Å². The Bertz CT molecular complexity index is 660. The molecule has 26 heavy (non-hydrogen) atoms. The van der Waals surface area contributed by atoms with Crippen LogP contribution < -0.4 is 9.80 Å². The van der Waals surface area contributed by atoms with Gasteiger partial charge >= 0.3 is 5.97 Å². The second-order valence-electron chi connectivity index (χ2n) is 7.71. The van der Waals surface area contributed by atoms with Crippen molar-refractivity contribution in [2.24, 2.45) is 0 Å². The highest BCUT2D eigenvalue weighted by Crippen LogP contribution is 2.32. The van der Waals surface area contributed by atoms with E-state index in [9.17, 15) is 9.90 Å². The molecule has 0 radical (unpaired) electrons. The Morgan fingerprint density at radius 3 is 2.54 bits per heavy atom. The lowest BCUT2D eigenvalue weighted by molar-refractivity contribution is -0.142. The lowest BCUT2D eigenvalue weighted by Gasteiger charge is -2.38. The summed E-state index contributed by atoms with van der Waals surface area (Å²) in [4.78, 5) is 27.8. The van der Waals surface area contributed by atoms with Crippen molar-refractivity contribution in [1.82, 2.24) is 14.9 Å². The molecule has 1 aromatic heterocycles. The number of nitrogens with zero attached hydrogens (tertiary/aromatic N) is 5. The Hall–Kier alpha value is -1.93. The van der Waals surface area contributed by atoms with Gasteiger partial charge in [-0.25, -0.2) is 4.98 Å². The number of aliphatic carboxylic acids is 1. The lowest BCUT2D eigenvalue weighted by atomic mass is 9.85. The highest BCUT2D eigenvalue weighted by Gasteiger charge is 2.35. The van der Waals surface area contributed by atoms with Gasteiger partial charge in [-0.05, 0) is 27.8 Å². The van der Waals surface area contributed by atoms with E-state index in [2.05, 4.69) is 33.7 Å². The Morgan fingerprint density at radius 2 is 1.92 bits per heavy atom. The van der Waals surface area contributed by atoms with Crippen LogP contribution in [0.3, 0.4) is 0 Å². The topological polar surface area (TPSA) is 82.0 Å². The number of likely N-dealkylation sites (N-methyl/N-ethyl adjacent to an activating group) is 1. The van der Waals surface area contributed by atoms with Crippen molar-refractivity contribution in [1.29, 1.82) is 0 Å². The zero-order valence-electron chi connectivity index (χ0n) is 16.1. The van der Waals surface area contributed by atoms with E-state index >= 15 is 0 Å². The molecule has 8 heteroatoms. The average molecular weight is 363 g/mol. The van der Waals surface area contributed by atoms with Gasteiger partial charge in [0.1, 0.15) is 5.82 Å². The summed E-state index contributed by atoms with van der Waals surface area (Å²) < 4.78 is 5.45. The molecular weight excluding hydrogens is 334 g/mol. The van der Waals surface area contributed by atoms with Gasteiger partial charge in [0.25, 0.3) is 0 Å². The minimum absolute atomic E-state index is 0.425. The molecule has 1 N–H and O–H groups in total. The van der Waals surface area contributed by atoms with Crippen molar-refractivity contribution in [2.45, 2.75) is 32.2 Å². The zero-order valence-corrected chi connectivity index (χ0v) is 16.1. The predicted molar refractivity (Wildman–Crippen MR) is 100 cm³/mol. The van der Waals surface area contributed by atoms with Gasteiger partial charge in [-0.3, -0.25) is 4.79 Å². The molecule has 0 aliphatic carbocycles. The summed E-state index contributed by atoms with van der Waals surface area (Å²) in [5, 5.41) is 9.68. The summed E-state index contributed by atoms with van der Waals surface area (Å²) in [5.41, 5.74) is -0.403. The van der Waals surface area contributed by atoms with Gasteiger partial charge in [-0.15, -0.1) is 0 Å². The lowest BCUT2D eigenvalue weighted by Crippen LogP contribution is -2.50. The number of carboxylic acid groups (broad SMARTS) is 1. The van der Waals surface area contributed by atoms with Gasteiger partial charge in [0.05, 0.1) is 18.6 Å². The molecule has 1 atom stereocenters. The molecule has 0 spiro atoms. The van der Waals surface area contributed by atoms with Crippen LogP contribution in [0.15, 0.2) is 6.20 Å². The van der Waals surface area contributed by atoms with E-state index in [1.54, 1.807) is 20.0 Å². The van der Waals surface area contributed by atoms with E-state index in [1.807, 2.05) is 0 Å². The second kappa shape index (κ2) is 7.36. The summed E-state index contributed by atoms with van der Waals surface area (Å²) in [5.74, 6) is 0.519. The van der Waals surface area contributed by atoms with Crippen molar-refractivity contribution < 1.29 is 14.6 Å². The predicted octanol–water partition coefficient (Wildman–Crippen LogP) is 0.816. The highest BCUT2D eigenvalue weighted by atomic mass is 16.5. The van der Waals surface area contributed by atoms with Crippen molar-refractivity contribution in [3.63, 3.8) is 0 Å². The molecular formula is C18H29N5O3. The molecule has 0 bridgehead atoms. The first-order valence-corrected chi connectivity index (χ1v) is 9.19. The molecule has 8 nitrogen and oxygen atoms in total. The molecule has 2 fully saturated rings. The molecule has 1 aromatic rings. The fourth-order valence-corrected chi connectivity index (χ4v) is 3.32. The smallest absolute Gasteiger partial charge is 0.313 e. The molecule has 144 valence electrons. The van der Waals surface area contributed by atoms with E-state index in [0.717, 1.165) is 25.5 Å². The van der Waals surface area contributed by atoms with Crippen molar-refractivity contribution in [3.05, 3.63) is 11.8 Å². The van der Waals surface area contributed by atoms with Crippen LogP contribution in [0, 0.1) is 0 Å². The van der Waals surface area contributed by atoms with Crippen LogP contribution in [0.1, 0.15) is 26.3 Å². The largest absolute Gasteiger partial charge is 0.481 e. The number of anilines is 2. The summed E-state index contributed by atoms with van der Waals surface area (Å²) in [6.07, 6.45) is 1.70. The fourth-order valence-electron chi connectivity index (χ4n) is 3.32. The van der Waals surface area contributed by atoms with Crippen LogP contribution in [-0.2, 0) is 14.9 Å². The molecule has 2 aliphatic rings. The molecule has 1 unspecified atom stereocenters. The Balaban J connectivity index is 1.97. The quantitative estimate of drug-likeness (QED) is 0.842. The summed E-state index contributed by atoms with van der Waals surface area (Å²) in [6, 6.07) is 0.425. The average Bonchev–Trinajstić information content (AvgIpc) is 2.64. The van der Waals surface area contributed by atoms with Crippen LogP contribution in [0.5, 0.6) is 0 Å². The first kappa shape index (κ1) is 18.8. The monoisotopic (exact) mass is 363 g/mol. The van der Waals surface area contributed by atoms with E-state index in [4.69, 9.17) is 9.72 Å². The number of carbonyl (C=O) groups is 1. The number of hydrogen-bond acceptors (Lipinski definition) is 7. The van der Waals surface area contributed by atoms with Crippen LogP contribution in [-0.4, -0.2) is 85.0 Å². The van der Waals surface area contributed by atoms with Crippen LogP contribution in [0.2, 0.25) is 0 Å². The molecule has 2 saturated heterocycles. The van der Waals surface area contributed by atoms with Gasteiger partial charge < -0.3 is 24.5 Å². The number of ether oxygens (including phenoxy) is 1. The Labute approximate surface area is 154 Å². The number of carboxylic acids is 1. The fraction of sp³-hybridized carbons (Fsp3) is 0.722. The SMILES string of the molecule is CC1CN(c2ncc(C(C)(C)C(=O)O)c(N3CCOCC3)n2)CCN1C. The standard InChI is InChI=1S/C18H29N5O3/c1-13-12-23(6-5-21(13)4)17-19-11-14(18(2,3)16(24)25)15(20-17)22-7-9-26-10-8-22/h11,13H,5-10,12H2,1-4H3,(H,24,25). The molecule has 0 amide bonds. The van der Waals surface area contributed by atoms with Crippen molar-refractivity contribution in [3.8, 4) is 0 Å². The molecule has 3 heterocycles. The number of piperazine rings is 1. The minimum Gasteiger partial charge on any atom is -0.481 e. The van der Waals surface area contributed by atoms with Crippen LogP contribution >= 0.6 is 0 Å². The first-order valence-electron chi connectivity index (χ1n) is 9.19. The highest BCUT2D eigenvalue weighted by molar-refractivity contribution is 5.82. The van der Waals surface area contributed by atoms with E-state index in [1.165, 1.54) is 0 Å². The maximum Gasteiger partial charge on any atom is 0.313 e. The Kier molecular flexibility index (Phi) is 5.34. The van der Waals surface area contributed by atoms with Gasteiger partial charge in [-0.2, -0.15) is 4.98 Å². The number of hydrogen-bond donors (Lipinski definition) is 1. The third-order valence-electron chi connectivity index (χ3n) is 5.52. The molecule has 0 saturated carbocycles. The van der Waals surface area contributed by atoms with Crippen LogP contribution in [0.25, 0.3) is 0 Å². The van der Waals surface area contributed by atoms with Gasteiger partial charge in [0, 0.05) is 50.5 Å². The van der Waals surface area contributed by atoms with Gasteiger partial charge in [0.2, 0.25) is 5.95 Å². The maximum absolute atomic E-state index is 11.8. The second-order valence-corrected chi connectivity index (χ2v) is 7.71. The summed E-state index contributed by atoms with van der Waals surface area (Å²) in [7, 11) is 2.13. The molecule has 0 aromatic carbocycles. The summed E-state index contributed by atoms with van der Waals surface area (Å²) >= 11 is 0. The number of morpholine rings is 1. The maximum atomic E-state index is 11.8. The number of aromatic nitrogens is 2. The number of rotatable bonds is 4. The van der Waals surface area contributed by atoms with E-state index < -0.39 is 11.4 Å². The third-order valence-corrected chi connectivity index (χ3v) is 5.52. The molecule has 3 rings (SSSR count). The normalized spacial score (nSPS) is 22.5. The van der Waals surface area contributed by atoms with E-state index in [0.29, 0.717) is 43.9 Å².